The molecule has 0 spiro atoms. The summed E-state index contributed by atoms with van der Waals surface area (Å²) in [6.07, 6.45) is 2.78. The van der Waals surface area contributed by atoms with E-state index >= 15 is 0 Å². The van der Waals surface area contributed by atoms with Crippen molar-refractivity contribution in [2.75, 3.05) is 6.61 Å². The van der Waals surface area contributed by atoms with Crippen LogP contribution in [-0.2, 0) is 4.79 Å². The van der Waals surface area contributed by atoms with Gasteiger partial charge in [0.15, 0.2) is 0 Å². The first-order valence-corrected chi connectivity index (χ1v) is 4.20. The summed E-state index contributed by atoms with van der Waals surface area (Å²) in [5.74, 6) is 1.04. The molecule has 1 saturated carbocycles. The molecule has 62 valence electrons. The number of piperidine rings is 1. The smallest absolute Gasteiger partial charge is 0.220 e. The Morgan fingerprint density at radius 1 is 1.55 bits per heavy atom. The van der Waals surface area contributed by atoms with E-state index in [0.717, 1.165) is 12.8 Å². The molecule has 0 radical (unpaired) electrons. The van der Waals surface area contributed by atoms with E-state index in [0.29, 0.717) is 18.3 Å². The largest absolute Gasteiger partial charge is 0.396 e. The summed E-state index contributed by atoms with van der Waals surface area (Å²) < 4.78 is 0. The van der Waals surface area contributed by atoms with Gasteiger partial charge in [0, 0.05) is 25.0 Å². The maximum atomic E-state index is 11.0. The highest BCUT2D eigenvalue weighted by atomic mass is 16.3. The lowest BCUT2D eigenvalue weighted by molar-refractivity contribution is -0.123. The maximum Gasteiger partial charge on any atom is 0.220 e. The van der Waals surface area contributed by atoms with Gasteiger partial charge in [-0.15, -0.1) is 0 Å². The Morgan fingerprint density at radius 3 is 3.09 bits per heavy atom. The maximum absolute atomic E-state index is 11.0. The Hall–Kier alpha value is -0.570. The highest BCUT2D eigenvalue weighted by molar-refractivity contribution is 5.77. The molecule has 2 rings (SSSR count). The van der Waals surface area contributed by atoms with Crippen molar-refractivity contribution in [3.05, 3.63) is 0 Å². The van der Waals surface area contributed by atoms with Crippen LogP contribution in [0.1, 0.15) is 19.3 Å². The first-order chi connectivity index (χ1) is 5.29. The Morgan fingerprint density at radius 2 is 2.36 bits per heavy atom. The van der Waals surface area contributed by atoms with Crippen LogP contribution in [0.25, 0.3) is 0 Å². The third-order valence-electron chi connectivity index (χ3n) is 2.85. The van der Waals surface area contributed by atoms with Gasteiger partial charge in [-0.1, -0.05) is 0 Å². The molecular weight excluding hydrogens is 142 g/mol. The molecular formula is C8H13NO2. The van der Waals surface area contributed by atoms with E-state index in [1.54, 1.807) is 0 Å². The Balaban J connectivity index is 2.08. The predicted molar refractivity (Wildman–Crippen MR) is 39.8 cm³/mol. The SMILES string of the molecule is O=C1CC2CC(CO)C(C2)N1. The van der Waals surface area contributed by atoms with Crippen molar-refractivity contribution in [1.29, 1.82) is 0 Å². The van der Waals surface area contributed by atoms with Crippen molar-refractivity contribution < 1.29 is 9.90 Å². The number of carbonyl (C=O) groups is 1. The van der Waals surface area contributed by atoms with Crippen LogP contribution in [0.15, 0.2) is 0 Å². The van der Waals surface area contributed by atoms with Crippen molar-refractivity contribution in [3.8, 4) is 0 Å². The monoisotopic (exact) mass is 155 g/mol. The fraction of sp³-hybridized carbons (Fsp3) is 0.875. The normalized spacial score (nSPS) is 42.3. The Bertz CT molecular complexity index is 181. The first-order valence-electron chi connectivity index (χ1n) is 4.20. The number of nitrogens with one attached hydrogen (secondary N) is 1. The van der Waals surface area contributed by atoms with Crippen LogP contribution in [0.4, 0.5) is 0 Å². The van der Waals surface area contributed by atoms with Gasteiger partial charge in [-0.3, -0.25) is 4.79 Å². The molecule has 3 unspecified atom stereocenters. The van der Waals surface area contributed by atoms with E-state index in [4.69, 9.17) is 5.11 Å². The van der Waals surface area contributed by atoms with Gasteiger partial charge in [-0.2, -0.15) is 0 Å². The van der Waals surface area contributed by atoms with Gasteiger partial charge in [0.25, 0.3) is 0 Å². The summed E-state index contributed by atoms with van der Waals surface area (Å²) in [6, 6.07) is 0.270. The summed E-state index contributed by atoms with van der Waals surface area (Å²) in [6.45, 7) is 0.224. The van der Waals surface area contributed by atoms with Gasteiger partial charge in [-0.05, 0) is 18.8 Å². The number of hydrogen-bond donors (Lipinski definition) is 2. The number of fused-ring (bicyclic) bond motifs is 2. The molecule has 0 aromatic rings. The average molecular weight is 155 g/mol. The molecule has 0 aromatic heterocycles. The molecule has 1 amide bonds. The van der Waals surface area contributed by atoms with E-state index in [2.05, 4.69) is 5.32 Å². The zero-order valence-corrected chi connectivity index (χ0v) is 6.42. The molecule has 1 saturated heterocycles. The van der Waals surface area contributed by atoms with Gasteiger partial charge in [0.2, 0.25) is 5.91 Å². The standard InChI is InChI=1S/C8H13NO2/c10-4-6-1-5-2-7(6)9-8(11)3-5/h5-7,10H,1-4H2,(H,9,11). The molecule has 1 aliphatic heterocycles. The van der Waals surface area contributed by atoms with Crippen molar-refractivity contribution in [3.63, 3.8) is 0 Å². The minimum absolute atomic E-state index is 0.169. The van der Waals surface area contributed by atoms with Gasteiger partial charge in [-0.25, -0.2) is 0 Å². The zero-order chi connectivity index (χ0) is 7.84. The molecule has 3 atom stereocenters. The van der Waals surface area contributed by atoms with Crippen LogP contribution in [0.5, 0.6) is 0 Å². The molecule has 0 aromatic carbocycles. The van der Waals surface area contributed by atoms with Crippen LogP contribution in [0.3, 0.4) is 0 Å². The molecule has 11 heavy (non-hydrogen) atoms. The van der Waals surface area contributed by atoms with Crippen molar-refractivity contribution in [2.45, 2.75) is 25.3 Å². The first kappa shape index (κ1) is 7.10. The van der Waals surface area contributed by atoms with E-state index < -0.39 is 0 Å². The Labute approximate surface area is 65.8 Å². The summed E-state index contributed by atoms with van der Waals surface area (Å²) in [5.41, 5.74) is 0. The molecule has 1 aliphatic carbocycles. The number of hydrogen-bond acceptors (Lipinski definition) is 2. The highest BCUT2D eigenvalue weighted by Crippen LogP contribution is 2.36. The van der Waals surface area contributed by atoms with Crippen LogP contribution in [0.2, 0.25) is 0 Å². The van der Waals surface area contributed by atoms with Crippen molar-refractivity contribution >= 4 is 5.91 Å². The van der Waals surface area contributed by atoms with Crippen LogP contribution < -0.4 is 5.32 Å². The summed E-state index contributed by atoms with van der Waals surface area (Å²) in [4.78, 5) is 11.0. The number of carbonyl (C=O) groups excluding carboxylic acids is 1. The summed E-state index contributed by atoms with van der Waals surface area (Å²) in [7, 11) is 0. The second-order valence-corrected chi connectivity index (χ2v) is 3.66. The van der Waals surface area contributed by atoms with E-state index in [1.807, 2.05) is 0 Å². The lowest BCUT2D eigenvalue weighted by Crippen LogP contribution is -2.40. The van der Waals surface area contributed by atoms with E-state index in [-0.39, 0.29) is 18.6 Å². The molecule has 2 aliphatic rings. The second-order valence-electron chi connectivity index (χ2n) is 3.66. The quantitative estimate of drug-likeness (QED) is 0.555. The van der Waals surface area contributed by atoms with Gasteiger partial charge >= 0.3 is 0 Å². The molecule has 1 heterocycles. The molecule has 2 N–H and O–H groups in total. The zero-order valence-electron chi connectivity index (χ0n) is 6.42. The fourth-order valence-corrected chi connectivity index (χ4v) is 2.31. The van der Waals surface area contributed by atoms with Gasteiger partial charge in [0.05, 0.1) is 0 Å². The lowest BCUT2D eigenvalue weighted by Gasteiger charge is -2.21. The molecule has 3 nitrogen and oxygen atoms in total. The molecule has 2 bridgehead atoms. The second kappa shape index (κ2) is 2.48. The number of aliphatic hydroxyl groups excluding tert-OH is 1. The summed E-state index contributed by atoms with van der Waals surface area (Å²) >= 11 is 0. The predicted octanol–water partition coefficient (Wildman–Crippen LogP) is -0.107. The Kier molecular flexibility index (Phi) is 1.60. The third-order valence-corrected chi connectivity index (χ3v) is 2.85. The molecule has 2 fully saturated rings. The van der Waals surface area contributed by atoms with Gasteiger partial charge < -0.3 is 10.4 Å². The van der Waals surface area contributed by atoms with Gasteiger partial charge in [0.1, 0.15) is 0 Å². The van der Waals surface area contributed by atoms with Crippen LogP contribution in [0, 0.1) is 11.8 Å². The third kappa shape index (κ3) is 1.13. The lowest BCUT2D eigenvalue weighted by atomic mass is 10.0. The fourth-order valence-electron chi connectivity index (χ4n) is 2.31. The van der Waals surface area contributed by atoms with Crippen LogP contribution >= 0.6 is 0 Å². The highest BCUT2D eigenvalue weighted by Gasteiger charge is 2.39. The average Bonchev–Trinajstić information content (AvgIpc) is 2.25. The minimum atomic E-state index is 0.169. The summed E-state index contributed by atoms with van der Waals surface area (Å²) in [5, 5.41) is 11.9. The van der Waals surface area contributed by atoms with E-state index in [9.17, 15) is 4.79 Å². The number of amides is 1. The minimum Gasteiger partial charge on any atom is -0.396 e. The molecule has 3 heteroatoms. The van der Waals surface area contributed by atoms with E-state index in [1.165, 1.54) is 0 Å². The van der Waals surface area contributed by atoms with Crippen molar-refractivity contribution in [1.82, 2.24) is 5.32 Å². The number of aliphatic hydroxyl groups is 1. The number of rotatable bonds is 1. The topological polar surface area (TPSA) is 49.3 Å². The van der Waals surface area contributed by atoms with Crippen LogP contribution in [-0.4, -0.2) is 23.7 Å². The van der Waals surface area contributed by atoms with Crippen molar-refractivity contribution in [2.24, 2.45) is 11.8 Å².